The lowest BCUT2D eigenvalue weighted by Crippen LogP contribution is -2.46. The van der Waals surface area contributed by atoms with Crippen LogP contribution in [0.15, 0.2) is 42.5 Å². The summed E-state index contributed by atoms with van der Waals surface area (Å²) >= 11 is 0. The van der Waals surface area contributed by atoms with Gasteiger partial charge in [-0.25, -0.2) is 4.79 Å². The zero-order chi connectivity index (χ0) is 21.6. The highest BCUT2D eigenvalue weighted by molar-refractivity contribution is 6.10. The maximum Gasteiger partial charge on any atom is 0.325 e. The van der Waals surface area contributed by atoms with E-state index in [1.807, 2.05) is 24.3 Å². The lowest BCUT2D eigenvalue weighted by molar-refractivity contribution is -0.134. The molecule has 1 N–H and O–H groups in total. The van der Waals surface area contributed by atoms with E-state index < -0.39 is 17.5 Å². The lowest BCUT2D eigenvalue weighted by Gasteiger charge is -2.30. The molecule has 8 nitrogen and oxygen atoms in total. The predicted molar refractivity (Wildman–Crippen MR) is 112 cm³/mol. The molecule has 1 fully saturated rings. The Hall–Kier alpha value is -3.55. The molecule has 0 aliphatic carbocycles. The van der Waals surface area contributed by atoms with Crippen LogP contribution in [0.2, 0.25) is 0 Å². The van der Waals surface area contributed by atoms with Crippen LogP contribution in [0, 0.1) is 0 Å². The highest BCUT2D eigenvalue weighted by Gasteiger charge is 2.50. The van der Waals surface area contributed by atoms with Crippen LogP contribution in [0.4, 0.5) is 10.5 Å². The van der Waals surface area contributed by atoms with Crippen LogP contribution in [-0.2, 0) is 21.5 Å². The Bertz CT molecular complexity index is 1080. The van der Waals surface area contributed by atoms with Crippen molar-refractivity contribution in [3.63, 3.8) is 0 Å². The largest absolute Gasteiger partial charge is 0.486 e. The molecule has 2 aromatic rings. The number of amides is 4. The third kappa shape index (κ3) is 3.19. The Labute approximate surface area is 179 Å². The van der Waals surface area contributed by atoms with Gasteiger partial charge in [0.25, 0.3) is 5.91 Å². The van der Waals surface area contributed by atoms with Crippen LogP contribution in [0.25, 0.3) is 0 Å². The van der Waals surface area contributed by atoms with Gasteiger partial charge in [-0.3, -0.25) is 14.5 Å². The number of nitrogens with one attached hydrogen (secondary N) is 1. The summed E-state index contributed by atoms with van der Waals surface area (Å²) in [6, 6.07) is 12.3. The molecule has 8 heteroatoms. The van der Waals surface area contributed by atoms with Gasteiger partial charge in [-0.15, -0.1) is 0 Å². The molecule has 3 aliphatic heterocycles. The van der Waals surface area contributed by atoms with Gasteiger partial charge in [0.15, 0.2) is 11.5 Å². The Morgan fingerprint density at radius 3 is 2.71 bits per heavy atom. The fraction of sp³-hybridized carbons (Fsp3) is 0.348. The summed E-state index contributed by atoms with van der Waals surface area (Å²) in [4.78, 5) is 41.7. The Morgan fingerprint density at radius 2 is 1.87 bits per heavy atom. The zero-order valence-corrected chi connectivity index (χ0v) is 17.2. The summed E-state index contributed by atoms with van der Waals surface area (Å²) in [6.07, 6.45) is 1.75. The van der Waals surface area contributed by atoms with Gasteiger partial charge in [0.2, 0.25) is 5.91 Å². The minimum absolute atomic E-state index is 0.276. The Kier molecular flexibility index (Phi) is 4.57. The van der Waals surface area contributed by atoms with Crippen molar-refractivity contribution in [2.24, 2.45) is 0 Å². The monoisotopic (exact) mass is 421 g/mol. The molecule has 0 aromatic heterocycles. The molecule has 1 atom stereocenters. The molecular weight excluding hydrogens is 398 g/mol. The van der Waals surface area contributed by atoms with Gasteiger partial charge in [0.05, 0.1) is 0 Å². The number of aryl methyl sites for hydroxylation is 1. The van der Waals surface area contributed by atoms with Gasteiger partial charge >= 0.3 is 6.03 Å². The first kappa shape index (κ1) is 19.4. The average Bonchev–Trinajstić information content (AvgIpc) is 3.02. The van der Waals surface area contributed by atoms with Crippen molar-refractivity contribution in [1.29, 1.82) is 0 Å². The van der Waals surface area contributed by atoms with Crippen LogP contribution in [0.3, 0.4) is 0 Å². The number of benzene rings is 2. The highest BCUT2D eigenvalue weighted by Crippen LogP contribution is 2.37. The van der Waals surface area contributed by atoms with Crippen molar-refractivity contribution in [2.75, 3.05) is 31.2 Å². The van der Waals surface area contributed by atoms with Crippen LogP contribution in [0.5, 0.6) is 11.5 Å². The molecule has 0 saturated carbocycles. The van der Waals surface area contributed by atoms with Gasteiger partial charge in [-0.1, -0.05) is 24.3 Å². The molecule has 0 radical (unpaired) electrons. The first-order valence-corrected chi connectivity index (χ1v) is 10.4. The van der Waals surface area contributed by atoms with Crippen LogP contribution in [-0.4, -0.2) is 49.0 Å². The zero-order valence-electron chi connectivity index (χ0n) is 17.2. The number of fused-ring (bicyclic) bond motifs is 2. The maximum absolute atomic E-state index is 13.3. The maximum atomic E-state index is 13.3. The standard InChI is InChI=1S/C23H23N3O5/c1-23(16-8-9-18-19(13-16)31-12-11-30-18)21(28)26(22(29)24-23)14-20(27)25-10-4-6-15-5-2-3-7-17(15)25/h2-3,5,7-9,13H,4,6,10-12,14H2,1H3,(H,24,29)/t23-/m1/s1. The fourth-order valence-electron chi connectivity index (χ4n) is 4.40. The quantitative estimate of drug-likeness (QED) is 0.768. The van der Waals surface area contributed by atoms with Gasteiger partial charge in [0, 0.05) is 12.2 Å². The summed E-state index contributed by atoms with van der Waals surface area (Å²) < 4.78 is 11.1. The number of imide groups is 1. The Morgan fingerprint density at radius 1 is 1.10 bits per heavy atom. The van der Waals surface area contributed by atoms with E-state index in [-0.39, 0.29) is 12.5 Å². The van der Waals surface area contributed by atoms with Crippen molar-refractivity contribution in [3.8, 4) is 11.5 Å². The van der Waals surface area contributed by atoms with E-state index in [4.69, 9.17) is 9.47 Å². The number of anilines is 1. The van der Waals surface area contributed by atoms with E-state index in [0.717, 1.165) is 29.0 Å². The summed E-state index contributed by atoms with van der Waals surface area (Å²) in [5, 5.41) is 2.75. The number of urea groups is 1. The molecule has 3 heterocycles. The molecule has 0 bridgehead atoms. The molecule has 31 heavy (non-hydrogen) atoms. The normalized spacial score (nSPS) is 22.2. The topological polar surface area (TPSA) is 88.2 Å². The molecular formula is C23H23N3O5. The molecule has 0 unspecified atom stereocenters. The number of carbonyl (C=O) groups is 3. The third-order valence-corrected chi connectivity index (χ3v) is 6.10. The van der Waals surface area contributed by atoms with Crippen molar-refractivity contribution < 1.29 is 23.9 Å². The molecule has 2 aromatic carbocycles. The van der Waals surface area contributed by atoms with Crippen LogP contribution >= 0.6 is 0 Å². The molecule has 5 rings (SSSR count). The number of hydrogen-bond acceptors (Lipinski definition) is 5. The van der Waals surface area contributed by atoms with Crippen molar-refractivity contribution in [1.82, 2.24) is 10.2 Å². The van der Waals surface area contributed by atoms with Crippen LogP contribution < -0.4 is 19.7 Å². The number of para-hydroxylation sites is 1. The SMILES string of the molecule is C[C@]1(c2ccc3c(c2)OCCO3)NC(=O)N(CC(=O)N2CCCc3ccccc32)C1=O. The second kappa shape index (κ2) is 7.30. The van der Waals surface area contributed by atoms with Gasteiger partial charge in [-0.2, -0.15) is 0 Å². The van der Waals surface area contributed by atoms with E-state index >= 15 is 0 Å². The van der Waals surface area contributed by atoms with Gasteiger partial charge in [0.1, 0.15) is 25.3 Å². The number of ether oxygens (including phenoxy) is 2. The molecule has 0 spiro atoms. The van der Waals surface area contributed by atoms with Gasteiger partial charge in [-0.05, 0) is 49.1 Å². The minimum Gasteiger partial charge on any atom is -0.486 e. The first-order chi connectivity index (χ1) is 15.0. The fourth-order valence-corrected chi connectivity index (χ4v) is 4.40. The summed E-state index contributed by atoms with van der Waals surface area (Å²) in [5.41, 5.74) is 1.24. The molecule has 1 saturated heterocycles. The Balaban J connectivity index is 1.38. The van der Waals surface area contributed by atoms with E-state index in [9.17, 15) is 14.4 Å². The van der Waals surface area contributed by atoms with E-state index in [1.165, 1.54) is 0 Å². The summed E-state index contributed by atoms with van der Waals surface area (Å²) in [7, 11) is 0. The first-order valence-electron chi connectivity index (χ1n) is 10.4. The second-order valence-corrected chi connectivity index (χ2v) is 8.08. The molecule has 3 aliphatic rings. The number of hydrogen-bond donors (Lipinski definition) is 1. The van der Waals surface area contributed by atoms with E-state index in [1.54, 1.807) is 30.0 Å². The van der Waals surface area contributed by atoms with Crippen molar-refractivity contribution >= 4 is 23.5 Å². The van der Waals surface area contributed by atoms with Crippen molar-refractivity contribution in [3.05, 3.63) is 53.6 Å². The van der Waals surface area contributed by atoms with Crippen molar-refractivity contribution in [2.45, 2.75) is 25.3 Å². The number of carbonyl (C=O) groups excluding carboxylic acids is 3. The summed E-state index contributed by atoms with van der Waals surface area (Å²) in [5.74, 6) is 0.396. The number of rotatable bonds is 3. The van der Waals surface area contributed by atoms with Crippen LogP contribution in [0.1, 0.15) is 24.5 Å². The van der Waals surface area contributed by atoms with Gasteiger partial charge < -0.3 is 19.7 Å². The molecule has 4 amide bonds. The highest BCUT2D eigenvalue weighted by atomic mass is 16.6. The lowest BCUT2D eigenvalue weighted by atomic mass is 9.91. The average molecular weight is 421 g/mol. The van der Waals surface area contributed by atoms with E-state index in [2.05, 4.69) is 5.32 Å². The second-order valence-electron chi connectivity index (χ2n) is 8.08. The smallest absolute Gasteiger partial charge is 0.325 e. The molecule has 160 valence electrons. The minimum atomic E-state index is -1.28. The summed E-state index contributed by atoms with van der Waals surface area (Å²) in [6.45, 7) is 2.79. The number of nitrogens with zero attached hydrogens (tertiary/aromatic N) is 2. The third-order valence-electron chi connectivity index (χ3n) is 6.10. The van der Waals surface area contributed by atoms with E-state index in [0.29, 0.717) is 36.8 Å². The predicted octanol–water partition coefficient (Wildman–Crippen LogP) is 2.20.